The molecule has 0 radical (unpaired) electrons. The number of carbonyl (C=O) groups is 2. The highest BCUT2D eigenvalue weighted by molar-refractivity contribution is 5.69. The fourth-order valence-corrected chi connectivity index (χ4v) is 0.892. The number of hydrogen-bond acceptors (Lipinski definition) is 4. The highest BCUT2D eigenvalue weighted by atomic mass is 16.5. The molecule has 0 aromatic heterocycles. The molecule has 0 spiro atoms. The number of unbranched alkanes of at least 4 members (excludes halogenated alkanes) is 2. The minimum Gasteiger partial charge on any atom is -0.469 e. The van der Waals surface area contributed by atoms with Gasteiger partial charge in [0.2, 0.25) is 0 Å². The molecule has 0 heterocycles. The van der Waals surface area contributed by atoms with Crippen LogP contribution in [0, 0.1) is 0 Å². The lowest BCUT2D eigenvalue weighted by molar-refractivity contribution is -0.140. The Labute approximate surface area is 84.4 Å². The molecule has 14 heavy (non-hydrogen) atoms. The number of methoxy groups -OCH3 is 1. The molecule has 0 unspecified atom stereocenters. The van der Waals surface area contributed by atoms with Crippen molar-refractivity contribution in [3.63, 3.8) is 0 Å². The van der Waals surface area contributed by atoms with Crippen molar-refractivity contribution >= 4 is 18.5 Å². The van der Waals surface area contributed by atoms with Gasteiger partial charge in [0.25, 0.3) is 0 Å². The van der Waals surface area contributed by atoms with Crippen molar-refractivity contribution in [2.75, 3.05) is 13.7 Å². The molecule has 0 aliphatic rings. The van der Waals surface area contributed by atoms with Gasteiger partial charge in [0.05, 0.1) is 7.11 Å². The first-order valence-corrected chi connectivity index (χ1v) is 4.80. The average molecular weight is 199 g/mol. The summed E-state index contributed by atoms with van der Waals surface area (Å²) in [5, 5.41) is 0. The number of hydrogen-bond donors (Lipinski definition) is 0. The summed E-state index contributed by atoms with van der Waals surface area (Å²) in [6.07, 6.45) is 6.13. The van der Waals surface area contributed by atoms with Gasteiger partial charge in [-0.2, -0.15) is 0 Å². The highest BCUT2D eigenvalue weighted by Crippen LogP contribution is 1.93. The molecular formula is C10H17NO3. The first-order chi connectivity index (χ1) is 6.81. The van der Waals surface area contributed by atoms with E-state index in [4.69, 9.17) is 0 Å². The van der Waals surface area contributed by atoms with Gasteiger partial charge >= 0.3 is 5.97 Å². The first-order valence-electron chi connectivity index (χ1n) is 4.80. The maximum Gasteiger partial charge on any atom is 0.305 e. The zero-order valence-electron chi connectivity index (χ0n) is 8.57. The molecule has 0 aromatic rings. The van der Waals surface area contributed by atoms with Gasteiger partial charge in [-0.25, -0.2) is 0 Å². The van der Waals surface area contributed by atoms with Crippen LogP contribution in [0.4, 0.5) is 0 Å². The predicted octanol–water partition coefficient (Wildman–Crippen LogP) is 1.38. The number of aldehydes is 1. The lowest BCUT2D eigenvalue weighted by Crippen LogP contribution is -2.00. The second-order valence-electron chi connectivity index (χ2n) is 2.87. The lowest BCUT2D eigenvalue weighted by atomic mass is 10.2. The van der Waals surface area contributed by atoms with Crippen LogP contribution in [0.1, 0.15) is 32.1 Å². The summed E-state index contributed by atoms with van der Waals surface area (Å²) in [5.41, 5.74) is 0. The van der Waals surface area contributed by atoms with Crippen LogP contribution in [0.5, 0.6) is 0 Å². The van der Waals surface area contributed by atoms with Gasteiger partial charge in [-0.1, -0.05) is 0 Å². The van der Waals surface area contributed by atoms with Crippen molar-refractivity contribution in [3.05, 3.63) is 0 Å². The van der Waals surface area contributed by atoms with E-state index in [1.807, 2.05) is 0 Å². The summed E-state index contributed by atoms with van der Waals surface area (Å²) in [6, 6.07) is 0. The topological polar surface area (TPSA) is 55.7 Å². The van der Waals surface area contributed by atoms with Crippen LogP contribution in [-0.4, -0.2) is 32.1 Å². The van der Waals surface area contributed by atoms with Crippen LogP contribution in [0.3, 0.4) is 0 Å². The zero-order valence-corrected chi connectivity index (χ0v) is 8.57. The molecule has 0 amide bonds. The Morgan fingerprint density at radius 1 is 1.36 bits per heavy atom. The van der Waals surface area contributed by atoms with Crippen molar-refractivity contribution in [3.8, 4) is 0 Å². The van der Waals surface area contributed by atoms with Crippen molar-refractivity contribution in [2.24, 2.45) is 4.99 Å². The molecule has 0 aliphatic heterocycles. The number of rotatable bonds is 8. The summed E-state index contributed by atoms with van der Waals surface area (Å²) in [4.78, 5) is 24.7. The van der Waals surface area contributed by atoms with Gasteiger partial charge in [-0.3, -0.25) is 9.79 Å². The van der Waals surface area contributed by atoms with E-state index >= 15 is 0 Å². The van der Waals surface area contributed by atoms with Crippen LogP contribution in [-0.2, 0) is 14.3 Å². The Morgan fingerprint density at radius 2 is 2.14 bits per heavy atom. The average Bonchev–Trinajstić information content (AvgIpc) is 2.21. The smallest absolute Gasteiger partial charge is 0.305 e. The summed E-state index contributed by atoms with van der Waals surface area (Å²) >= 11 is 0. The fourth-order valence-electron chi connectivity index (χ4n) is 0.892. The number of ether oxygens (including phenoxy) is 1. The van der Waals surface area contributed by atoms with Crippen LogP contribution in [0.25, 0.3) is 0 Å². The molecular weight excluding hydrogens is 182 g/mol. The van der Waals surface area contributed by atoms with Crippen molar-refractivity contribution in [2.45, 2.75) is 32.1 Å². The van der Waals surface area contributed by atoms with E-state index in [1.54, 1.807) is 6.21 Å². The van der Waals surface area contributed by atoms with Gasteiger partial charge in [0.15, 0.2) is 0 Å². The second kappa shape index (κ2) is 9.89. The fraction of sp³-hybridized carbons (Fsp3) is 0.700. The third-order valence-corrected chi connectivity index (χ3v) is 1.68. The summed E-state index contributed by atoms with van der Waals surface area (Å²) in [6.45, 7) is 0.649. The molecule has 4 heteroatoms. The molecule has 0 saturated carbocycles. The van der Waals surface area contributed by atoms with Crippen molar-refractivity contribution < 1.29 is 14.3 Å². The summed E-state index contributed by atoms with van der Waals surface area (Å²) < 4.78 is 4.48. The van der Waals surface area contributed by atoms with Crippen LogP contribution >= 0.6 is 0 Å². The van der Waals surface area contributed by atoms with Crippen molar-refractivity contribution in [1.82, 2.24) is 0 Å². The largest absolute Gasteiger partial charge is 0.469 e. The normalized spacial score (nSPS) is 10.4. The maximum absolute atomic E-state index is 10.7. The predicted molar refractivity (Wildman–Crippen MR) is 54.5 cm³/mol. The number of carbonyl (C=O) groups excluding carboxylic acids is 2. The summed E-state index contributed by atoms with van der Waals surface area (Å²) in [7, 11) is 1.38. The molecule has 4 nitrogen and oxygen atoms in total. The molecule has 0 saturated heterocycles. The van der Waals surface area contributed by atoms with E-state index in [0.29, 0.717) is 19.4 Å². The van der Waals surface area contributed by atoms with Gasteiger partial charge in [-0.05, 0) is 25.5 Å². The van der Waals surface area contributed by atoms with Crippen molar-refractivity contribution in [1.29, 1.82) is 0 Å². The van der Waals surface area contributed by atoms with E-state index in [0.717, 1.165) is 25.5 Å². The molecule has 0 fully saturated rings. The minimum absolute atomic E-state index is 0.193. The van der Waals surface area contributed by atoms with Gasteiger partial charge in [0, 0.05) is 19.4 Å². The standard InChI is InChI=1S/C10H17NO3/c1-14-10(13)6-5-8-11-7-3-2-4-9-12/h7,9H,2-6,8H2,1H3/b11-7+. The summed E-state index contributed by atoms with van der Waals surface area (Å²) in [5.74, 6) is -0.193. The Kier molecular flexibility index (Phi) is 9.05. The SMILES string of the molecule is COC(=O)CCC/N=C/CCCC=O. The van der Waals surface area contributed by atoms with Gasteiger partial charge < -0.3 is 9.53 Å². The highest BCUT2D eigenvalue weighted by Gasteiger charge is 1.96. The Bertz CT molecular complexity index is 190. The van der Waals surface area contributed by atoms with E-state index < -0.39 is 0 Å². The number of esters is 1. The van der Waals surface area contributed by atoms with Crippen LogP contribution in [0.2, 0.25) is 0 Å². The Morgan fingerprint density at radius 3 is 2.79 bits per heavy atom. The van der Waals surface area contributed by atoms with Gasteiger partial charge in [-0.15, -0.1) is 0 Å². The van der Waals surface area contributed by atoms with E-state index in [9.17, 15) is 9.59 Å². The van der Waals surface area contributed by atoms with Crippen LogP contribution < -0.4 is 0 Å². The third kappa shape index (κ3) is 8.90. The minimum atomic E-state index is -0.193. The maximum atomic E-state index is 10.7. The lowest BCUT2D eigenvalue weighted by Gasteiger charge is -1.95. The van der Waals surface area contributed by atoms with Gasteiger partial charge in [0.1, 0.15) is 6.29 Å². The van der Waals surface area contributed by atoms with E-state index in [2.05, 4.69) is 9.73 Å². The van der Waals surface area contributed by atoms with E-state index in [-0.39, 0.29) is 5.97 Å². The molecule has 80 valence electrons. The number of aliphatic imine (C=N–C) groups is 1. The first kappa shape index (κ1) is 12.8. The van der Waals surface area contributed by atoms with Crippen LogP contribution in [0.15, 0.2) is 4.99 Å². The zero-order chi connectivity index (χ0) is 10.6. The molecule has 0 N–H and O–H groups in total. The Balaban J connectivity index is 3.18. The molecule has 0 atom stereocenters. The Hall–Kier alpha value is -1.19. The second-order valence-corrected chi connectivity index (χ2v) is 2.87. The molecule has 0 bridgehead atoms. The quantitative estimate of drug-likeness (QED) is 0.257. The molecule has 0 aromatic carbocycles. The number of nitrogens with zero attached hydrogens (tertiary/aromatic N) is 1. The monoisotopic (exact) mass is 199 g/mol. The third-order valence-electron chi connectivity index (χ3n) is 1.68. The van der Waals surface area contributed by atoms with E-state index in [1.165, 1.54) is 7.11 Å². The molecule has 0 aliphatic carbocycles. The molecule has 0 rings (SSSR count).